The van der Waals surface area contributed by atoms with Crippen LogP contribution >= 0.6 is 0 Å². The van der Waals surface area contributed by atoms with E-state index in [1.807, 2.05) is 36.4 Å². The normalized spacial score (nSPS) is 13.1. The molecule has 0 spiro atoms. The fourth-order valence-electron chi connectivity index (χ4n) is 3.68. The zero-order chi connectivity index (χ0) is 20.4. The van der Waals surface area contributed by atoms with Crippen LogP contribution in [0, 0.1) is 13.8 Å². The maximum Gasteiger partial charge on any atom is 0.280 e. The number of hydrogen-bond donors (Lipinski definition) is 0. The molecule has 1 amide bonds. The number of benzene rings is 2. The van der Waals surface area contributed by atoms with Crippen molar-refractivity contribution in [1.29, 1.82) is 0 Å². The smallest absolute Gasteiger partial charge is 0.280 e. The van der Waals surface area contributed by atoms with Gasteiger partial charge in [-0.1, -0.05) is 35.0 Å². The first-order valence-corrected chi connectivity index (χ1v) is 9.71. The molecule has 0 N–H and O–H groups in total. The van der Waals surface area contributed by atoms with Crippen LogP contribution in [0.2, 0.25) is 0 Å². The molecule has 150 valence electrons. The summed E-state index contributed by atoms with van der Waals surface area (Å²) in [5.74, 6) is 1.65. The van der Waals surface area contributed by atoms with Gasteiger partial charge in [0.2, 0.25) is 0 Å². The van der Waals surface area contributed by atoms with Gasteiger partial charge in [-0.15, -0.1) is 0 Å². The summed E-state index contributed by atoms with van der Waals surface area (Å²) in [6.07, 6.45) is 1.90. The second-order valence-corrected chi connectivity index (χ2v) is 7.20. The number of ether oxygens (including phenoxy) is 2. The molecule has 6 nitrogen and oxygen atoms in total. The Kier molecular flexibility index (Phi) is 5.25. The van der Waals surface area contributed by atoms with E-state index in [0.717, 1.165) is 18.5 Å². The molecule has 0 bridgehead atoms. The highest BCUT2D eigenvalue weighted by molar-refractivity contribution is 6.06. The standard InChI is InChI=1S/C23H24N2O4/c1-15-10-11-19-17(13-15)7-6-12-25(19)23(26)22-18(16(2)29-24-22)14-28-21-9-5-4-8-20(21)27-3/h4-5,8-11,13H,6-7,12,14H2,1-3H3. The minimum Gasteiger partial charge on any atom is -0.493 e. The number of methoxy groups -OCH3 is 1. The molecule has 0 saturated carbocycles. The summed E-state index contributed by atoms with van der Waals surface area (Å²) in [5, 5.41) is 4.06. The number of amides is 1. The summed E-state index contributed by atoms with van der Waals surface area (Å²) in [4.78, 5) is 15.1. The molecule has 29 heavy (non-hydrogen) atoms. The van der Waals surface area contributed by atoms with Gasteiger partial charge in [-0.25, -0.2) is 0 Å². The number of fused-ring (bicyclic) bond motifs is 1. The number of para-hydroxylation sites is 2. The van der Waals surface area contributed by atoms with Gasteiger partial charge in [0, 0.05) is 12.2 Å². The van der Waals surface area contributed by atoms with E-state index >= 15 is 0 Å². The second-order valence-electron chi connectivity index (χ2n) is 7.20. The molecule has 1 aromatic heterocycles. The van der Waals surface area contributed by atoms with Crippen molar-refractivity contribution >= 4 is 11.6 Å². The Morgan fingerprint density at radius 2 is 1.97 bits per heavy atom. The van der Waals surface area contributed by atoms with Crippen molar-refractivity contribution in [3.8, 4) is 11.5 Å². The molecule has 0 fully saturated rings. The van der Waals surface area contributed by atoms with E-state index in [9.17, 15) is 4.79 Å². The Morgan fingerprint density at radius 3 is 2.76 bits per heavy atom. The van der Waals surface area contributed by atoms with Gasteiger partial charge in [0.1, 0.15) is 12.4 Å². The van der Waals surface area contributed by atoms with Crippen molar-refractivity contribution in [2.45, 2.75) is 33.3 Å². The number of aryl methyl sites for hydroxylation is 3. The second kappa shape index (κ2) is 7.99. The number of carbonyl (C=O) groups excluding carboxylic acids is 1. The van der Waals surface area contributed by atoms with Crippen molar-refractivity contribution < 1.29 is 18.8 Å². The van der Waals surface area contributed by atoms with Crippen LogP contribution in [0.4, 0.5) is 5.69 Å². The number of aromatic nitrogens is 1. The molecule has 1 aliphatic heterocycles. The molecule has 6 heteroatoms. The summed E-state index contributed by atoms with van der Waals surface area (Å²) < 4.78 is 16.6. The molecule has 0 unspecified atom stereocenters. The molecular formula is C23H24N2O4. The first-order chi connectivity index (χ1) is 14.1. The van der Waals surface area contributed by atoms with Gasteiger partial charge < -0.3 is 18.9 Å². The van der Waals surface area contributed by atoms with Crippen molar-refractivity contribution in [2.75, 3.05) is 18.6 Å². The highest BCUT2D eigenvalue weighted by Gasteiger charge is 2.29. The quantitative estimate of drug-likeness (QED) is 0.641. The molecule has 0 saturated heterocycles. The third-order valence-corrected chi connectivity index (χ3v) is 5.23. The summed E-state index contributed by atoms with van der Waals surface area (Å²) in [7, 11) is 1.59. The lowest BCUT2D eigenvalue weighted by atomic mass is 9.99. The van der Waals surface area contributed by atoms with E-state index in [4.69, 9.17) is 14.0 Å². The Balaban J connectivity index is 1.60. The van der Waals surface area contributed by atoms with Crippen LogP contribution in [0.3, 0.4) is 0 Å². The van der Waals surface area contributed by atoms with Gasteiger partial charge in [-0.2, -0.15) is 0 Å². The summed E-state index contributed by atoms with van der Waals surface area (Å²) in [5.41, 5.74) is 4.29. The van der Waals surface area contributed by atoms with E-state index in [1.165, 1.54) is 11.1 Å². The fourth-order valence-corrected chi connectivity index (χ4v) is 3.68. The third kappa shape index (κ3) is 3.70. The predicted octanol–water partition coefficient (Wildman–Crippen LogP) is 4.47. The molecule has 0 radical (unpaired) electrons. The third-order valence-electron chi connectivity index (χ3n) is 5.23. The lowest BCUT2D eigenvalue weighted by Crippen LogP contribution is -2.36. The average molecular weight is 392 g/mol. The zero-order valence-corrected chi connectivity index (χ0v) is 16.9. The van der Waals surface area contributed by atoms with E-state index < -0.39 is 0 Å². The first-order valence-electron chi connectivity index (χ1n) is 9.71. The molecule has 3 aromatic rings. The maximum absolute atomic E-state index is 13.3. The molecular weight excluding hydrogens is 368 g/mol. The van der Waals surface area contributed by atoms with Gasteiger partial charge in [-0.3, -0.25) is 4.79 Å². The minimum absolute atomic E-state index is 0.162. The number of nitrogens with zero attached hydrogens (tertiary/aromatic N) is 2. The van der Waals surface area contributed by atoms with Gasteiger partial charge in [0.05, 0.1) is 12.7 Å². The fraction of sp³-hybridized carbons (Fsp3) is 0.304. The van der Waals surface area contributed by atoms with Crippen LogP contribution in [0.15, 0.2) is 47.0 Å². The minimum atomic E-state index is -0.162. The van der Waals surface area contributed by atoms with Crippen LogP contribution in [0.25, 0.3) is 0 Å². The summed E-state index contributed by atoms with van der Waals surface area (Å²) in [6, 6.07) is 13.6. The Bertz CT molecular complexity index is 1040. The number of hydrogen-bond acceptors (Lipinski definition) is 5. The Hall–Kier alpha value is -3.28. The number of anilines is 1. The van der Waals surface area contributed by atoms with Gasteiger partial charge in [0.15, 0.2) is 17.2 Å². The molecule has 1 aliphatic rings. The summed E-state index contributed by atoms with van der Waals surface area (Å²) >= 11 is 0. The van der Waals surface area contributed by atoms with Crippen molar-refractivity contribution in [3.63, 3.8) is 0 Å². The van der Waals surface area contributed by atoms with E-state index in [0.29, 0.717) is 35.1 Å². The topological polar surface area (TPSA) is 64.8 Å². The Labute approximate surface area is 170 Å². The Morgan fingerprint density at radius 1 is 1.17 bits per heavy atom. The largest absolute Gasteiger partial charge is 0.493 e. The van der Waals surface area contributed by atoms with Crippen LogP contribution in [-0.2, 0) is 13.0 Å². The van der Waals surface area contributed by atoms with E-state index in [2.05, 4.69) is 18.1 Å². The predicted molar refractivity (Wildman–Crippen MR) is 110 cm³/mol. The average Bonchev–Trinajstić information content (AvgIpc) is 3.11. The number of rotatable bonds is 5. The van der Waals surface area contributed by atoms with Gasteiger partial charge in [-0.05, 0) is 50.5 Å². The highest BCUT2D eigenvalue weighted by atomic mass is 16.5. The SMILES string of the molecule is COc1ccccc1OCc1c(C(=O)N2CCCc3cc(C)ccc32)noc1C. The van der Waals surface area contributed by atoms with Gasteiger partial charge >= 0.3 is 0 Å². The monoisotopic (exact) mass is 392 g/mol. The molecule has 2 heterocycles. The van der Waals surface area contributed by atoms with E-state index in [-0.39, 0.29) is 12.5 Å². The lowest BCUT2D eigenvalue weighted by Gasteiger charge is -2.29. The first kappa shape index (κ1) is 19.1. The van der Waals surface area contributed by atoms with Crippen LogP contribution in [0.1, 0.15) is 39.4 Å². The van der Waals surface area contributed by atoms with Gasteiger partial charge in [0.25, 0.3) is 5.91 Å². The molecule has 0 atom stereocenters. The van der Waals surface area contributed by atoms with E-state index in [1.54, 1.807) is 18.9 Å². The lowest BCUT2D eigenvalue weighted by molar-refractivity contribution is 0.0974. The summed E-state index contributed by atoms with van der Waals surface area (Å²) in [6.45, 7) is 4.69. The number of carbonyl (C=O) groups is 1. The van der Waals surface area contributed by atoms with Crippen molar-refractivity contribution in [1.82, 2.24) is 5.16 Å². The zero-order valence-electron chi connectivity index (χ0n) is 16.9. The van der Waals surface area contributed by atoms with Crippen LogP contribution < -0.4 is 14.4 Å². The molecule has 4 rings (SSSR count). The van der Waals surface area contributed by atoms with Crippen LogP contribution in [0.5, 0.6) is 11.5 Å². The van der Waals surface area contributed by atoms with Crippen molar-refractivity contribution in [2.24, 2.45) is 0 Å². The maximum atomic E-state index is 13.3. The van der Waals surface area contributed by atoms with Crippen molar-refractivity contribution in [3.05, 3.63) is 70.6 Å². The van der Waals surface area contributed by atoms with Crippen LogP contribution in [-0.4, -0.2) is 24.7 Å². The highest BCUT2D eigenvalue weighted by Crippen LogP contribution is 2.31. The molecule has 2 aromatic carbocycles. The molecule has 0 aliphatic carbocycles.